The van der Waals surface area contributed by atoms with Crippen LogP contribution in [0.2, 0.25) is 0 Å². The third-order valence-electron chi connectivity index (χ3n) is 3.76. The van der Waals surface area contributed by atoms with Gasteiger partial charge in [-0.2, -0.15) is 0 Å². The Bertz CT molecular complexity index is 580. The maximum Gasteiger partial charge on any atom is 0.410 e. The molecule has 7 nitrogen and oxygen atoms in total. The summed E-state index contributed by atoms with van der Waals surface area (Å²) in [4.78, 5) is 30.4. The van der Waals surface area contributed by atoms with Gasteiger partial charge in [-0.25, -0.2) is 9.78 Å². The second-order valence-electron chi connectivity index (χ2n) is 7.01. The number of piperidine rings is 1. The summed E-state index contributed by atoms with van der Waals surface area (Å²) < 4.78 is 5.38. The Hall–Kier alpha value is -2.15. The van der Waals surface area contributed by atoms with E-state index >= 15 is 0 Å². The van der Waals surface area contributed by atoms with E-state index in [1.165, 1.54) is 0 Å². The molecular formula is C17H26N4O3. The normalized spacial score (nSPS) is 18.2. The smallest absolute Gasteiger partial charge is 0.410 e. The molecule has 2 amide bonds. The van der Waals surface area contributed by atoms with E-state index < -0.39 is 5.60 Å². The van der Waals surface area contributed by atoms with Crippen LogP contribution in [0, 0.1) is 5.92 Å². The predicted molar refractivity (Wildman–Crippen MR) is 91.3 cm³/mol. The molecule has 2 rings (SSSR count). The highest BCUT2D eigenvalue weighted by Gasteiger charge is 2.31. The molecule has 1 aliphatic rings. The number of likely N-dealkylation sites (tertiary alicyclic amines) is 1. The molecular weight excluding hydrogens is 308 g/mol. The van der Waals surface area contributed by atoms with Crippen molar-refractivity contribution in [3.63, 3.8) is 0 Å². The number of ether oxygens (including phenoxy) is 1. The van der Waals surface area contributed by atoms with Crippen LogP contribution in [0.3, 0.4) is 0 Å². The first kappa shape index (κ1) is 18.2. The Morgan fingerprint density at radius 3 is 2.75 bits per heavy atom. The van der Waals surface area contributed by atoms with Gasteiger partial charge in [0, 0.05) is 25.8 Å². The van der Waals surface area contributed by atoms with Gasteiger partial charge in [-0.05, 0) is 45.2 Å². The van der Waals surface area contributed by atoms with Gasteiger partial charge < -0.3 is 20.7 Å². The van der Waals surface area contributed by atoms with Gasteiger partial charge >= 0.3 is 6.09 Å². The number of anilines is 1. The fourth-order valence-electron chi connectivity index (χ4n) is 2.53. The Balaban J connectivity index is 1.93. The van der Waals surface area contributed by atoms with Gasteiger partial charge in [-0.15, -0.1) is 0 Å². The third kappa shape index (κ3) is 5.19. The molecule has 1 aromatic rings. The summed E-state index contributed by atoms with van der Waals surface area (Å²) in [5, 5.41) is 2.80. The van der Waals surface area contributed by atoms with Crippen LogP contribution in [0.5, 0.6) is 0 Å². The Kier molecular flexibility index (Phi) is 5.77. The topological polar surface area (TPSA) is 97.5 Å². The molecule has 0 spiro atoms. The Morgan fingerprint density at radius 1 is 1.42 bits per heavy atom. The van der Waals surface area contributed by atoms with Crippen molar-refractivity contribution in [3.05, 3.63) is 23.9 Å². The zero-order chi connectivity index (χ0) is 17.7. The minimum atomic E-state index is -0.541. The van der Waals surface area contributed by atoms with E-state index in [2.05, 4.69) is 10.3 Å². The number of rotatable bonds is 3. The molecule has 1 atom stereocenters. The van der Waals surface area contributed by atoms with Crippen LogP contribution in [-0.2, 0) is 16.1 Å². The Labute approximate surface area is 142 Å². The molecule has 0 aliphatic carbocycles. The fraction of sp³-hybridized carbons (Fsp3) is 0.588. The highest BCUT2D eigenvalue weighted by molar-refractivity contribution is 5.92. The molecule has 1 aromatic heterocycles. The summed E-state index contributed by atoms with van der Waals surface area (Å²) in [6.45, 7) is 6.87. The molecule has 0 saturated carbocycles. The van der Waals surface area contributed by atoms with Gasteiger partial charge in [0.2, 0.25) is 5.91 Å². The zero-order valence-electron chi connectivity index (χ0n) is 14.5. The van der Waals surface area contributed by atoms with Crippen molar-refractivity contribution in [2.24, 2.45) is 11.7 Å². The first-order valence-corrected chi connectivity index (χ1v) is 8.22. The molecule has 0 bridgehead atoms. The van der Waals surface area contributed by atoms with E-state index in [0.717, 1.165) is 18.4 Å². The largest absolute Gasteiger partial charge is 0.444 e. The van der Waals surface area contributed by atoms with Gasteiger partial charge in [-0.1, -0.05) is 6.07 Å². The number of carbonyl (C=O) groups is 2. The summed E-state index contributed by atoms with van der Waals surface area (Å²) in [6, 6.07) is 3.56. The predicted octanol–water partition coefficient (Wildman–Crippen LogP) is 2.13. The third-order valence-corrected chi connectivity index (χ3v) is 3.76. The minimum Gasteiger partial charge on any atom is -0.444 e. The van der Waals surface area contributed by atoms with Crippen molar-refractivity contribution in [2.75, 3.05) is 18.4 Å². The SMILES string of the molecule is CC(C)(C)OC(=O)N1CCCC(C(=O)Nc2ccc(CN)cn2)C1. The second kappa shape index (κ2) is 7.61. The van der Waals surface area contributed by atoms with Crippen molar-refractivity contribution >= 4 is 17.8 Å². The fourth-order valence-corrected chi connectivity index (χ4v) is 2.53. The number of pyridine rings is 1. The zero-order valence-corrected chi connectivity index (χ0v) is 14.5. The maximum absolute atomic E-state index is 12.4. The number of nitrogens with one attached hydrogen (secondary N) is 1. The number of nitrogens with zero attached hydrogens (tertiary/aromatic N) is 2. The average molecular weight is 334 g/mol. The number of carbonyl (C=O) groups excluding carboxylic acids is 2. The summed E-state index contributed by atoms with van der Waals surface area (Å²) in [5.74, 6) is 0.102. The van der Waals surface area contributed by atoms with Crippen molar-refractivity contribution in [3.8, 4) is 0 Å². The van der Waals surface area contributed by atoms with Crippen LogP contribution in [0.25, 0.3) is 0 Å². The lowest BCUT2D eigenvalue weighted by molar-refractivity contribution is -0.121. The van der Waals surface area contributed by atoms with E-state index in [4.69, 9.17) is 10.5 Å². The highest BCUT2D eigenvalue weighted by Crippen LogP contribution is 2.20. The van der Waals surface area contributed by atoms with Crippen molar-refractivity contribution in [1.29, 1.82) is 0 Å². The second-order valence-corrected chi connectivity index (χ2v) is 7.01. The molecule has 0 radical (unpaired) electrons. The number of hydrogen-bond donors (Lipinski definition) is 2. The van der Waals surface area contributed by atoms with Gasteiger partial charge in [0.05, 0.1) is 5.92 Å². The van der Waals surface area contributed by atoms with Gasteiger partial charge in [0.1, 0.15) is 11.4 Å². The van der Waals surface area contributed by atoms with Crippen molar-refractivity contribution in [2.45, 2.75) is 45.8 Å². The van der Waals surface area contributed by atoms with Crippen LogP contribution in [-0.4, -0.2) is 40.6 Å². The molecule has 24 heavy (non-hydrogen) atoms. The van der Waals surface area contributed by atoms with E-state index in [1.807, 2.05) is 26.8 Å². The van der Waals surface area contributed by atoms with E-state index in [0.29, 0.717) is 25.5 Å². The number of nitrogens with two attached hydrogens (primary N) is 1. The molecule has 1 aliphatic heterocycles. The van der Waals surface area contributed by atoms with Crippen molar-refractivity contribution < 1.29 is 14.3 Å². The summed E-state index contributed by atoms with van der Waals surface area (Å²) >= 11 is 0. The standard InChI is InChI=1S/C17H26N4O3/c1-17(2,3)24-16(23)21-8-4-5-13(11-21)15(22)20-14-7-6-12(9-18)10-19-14/h6-7,10,13H,4-5,8-9,11,18H2,1-3H3,(H,19,20,22). The van der Waals surface area contributed by atoms with Crippen LogP contribution in [0.4, 0.5) is 10.6 Å². The molecule has 2 heterocycles. The van der Waals surface area contributed by atoms with Gasteiger partial charge in [0.15, 0.2) is 0 Å². The minimum absolute atomic E-state index is 0.128. The lowest BCUT2D eigenvalue weighted by Crippen LogP contribution is -2.45. The molecule has 1 fully saturated rings. The first-order valence-electron chi connectivity index (χ1n) is 8.22. The number of aromatic nitrogens is 1. The molecule has 1 saturated heterocycles. The quantitative estimate of drug-likeness (QED) is 0.882. The van der Waals surface area contributed by atoms with Crippen LogP contribution < -0.4 is 11.1 Å². The molecule has 1 unspecified atom stereocenters. The molecule has 3 N–H and O–H groups in total. The van der Waals surface area contributed by atoms with Gasteiger partial charge in [-0.3, -0.25) is 4.79 Å². The lowest BCUT2D eigenvalue weighted by Gasteiger charge is -2.33. The van der Waals surface area contributed by atoms with Gasteiger partial charge in [0.25, 0.3) is 0 Å². The molecule has 7 heteroatoms. The molecule has 0 aromatic carbocycles. The van der Waals surface area contributed by atoms with Crippen molar-refractivity contribution in [1.82, 2.24) is 9.88 Å². The van der Waals surface area contributed by atoms with Crippen LogP contribution >= 0.6 is 0 Å². The van der Waals surface area contributed by atoms with Crippen LogP contribution in [0.15, 0.2) is 18.3 Å². The Morgan fingerprint density at radius 2 is 2.17 bits per heavy atom. The first-order chi connectivity index (χ1) is 11.3. The maximum atomic E-state index is 12.4. The van der Waals surface area contributed by atoms with Crippen LogP contribution in [0.1, 0.15) is 39.2 Å². The van der Waals surface area contributed by atoms with E-state index in [1.54, 1.807) is 17.2 Å². The number of amides is 2. The number of hydrogen-bond acceptors (Lipinski definition) is 5. The van der Waals surface area contributed by atoms with E-state index in [-0.39, 0.29) is 17.9 Å². The highest BCUT2D eigenvalue weighted by atomic mass is 16.6. The van der Waals surface area contributed by atoms with E-state index in [9.17, 15) is 9.59 Å². The summed E-state index contributed by atoms with van der Waals surface area (Å²) in [6.07, 6.45) is 2.79. The summed E-state index contributed by atoms with van der Waals surface area (Å²) in [5.41, 5.74) is 5.89. The monoisotopic (exact) mass is 334 g/mol. The average Bonchev–Trinajstić information content (AvgIpc) is 2.54. The summed E-state index contributed by atoms with van der Waals surface area (Å²) in [7, 11) is 0. The molecule has 132 valence electrons. The lowest BCUT2D eigenvalue weighted by atomic mass is 9.97.